The number of hydrogen-bond acceptors (Lipinski definition) is 4. The summed E-state index contributed by atoms with van der Waals surface area (Å²) in [6, 6.07) is 0. The van der Waals surface area contributed by atoms with Crippen LogP contribution in [0, 0.1) is 23.7 Å². The van der Waals surface area contributed by atoms with E-state index in [1.807, 2.05) is 6.92 Å². The second-order valence-electron chi connectivity index (χ2n) is 8.19. The van der Waals surface area contributed by atoms with Gasteiger partial charge in [-0.3, -0.25) is 9.59 Å². The summed E-state index contributed by atoms with van der Waals surface area (Å²) in [5.74, 6) is 0.810. The summed E-state index contributed by atoms with van der Waals surface area (Å²) in [6.07, 6.45) is 13.1. The number of rotatable bonds is 8. The quantitative estimate of drug-likeness (QED) is 0.459. The highest BCUT2D eigenvalue weighted by atomic mass is 16.5. The van der Waals surface area contributed by atoms with Crippen molar-refractivity contribution in [3.8, 4) is 0 Å². The lowest BCUT2D eigenvalue weighted by Gasteiger charge is -2.37. The lowest BCUT2D eigenvalue weighted by molar-refractivity contribution is -0.146. The highest BCUT2D eigenvalue weighted by Crippen LogP contribution is 2.41. The number of hydrogen-bond donors (Lipinski definition) is 2. The van der Waals surface area contributed by atoms with Crippen LogP contribution in [0.25, 0.3) is 0 Å². The first-order chi connectivity index (χ1) is 13.3. The van der Waals surface area contributed by atoms with Crippen LogP contribution in [0.1, 0.15) is 72.6 Å². The van der Waals surface area contributed by atoms with Crippen LogP contribution in [-0.4, -0.2) is 34.9 Å². The Morgan fingerprint density at radius 2 is 2.04 bits per heavy atom. The van der Waals surface area contributed by atoms with Crippen molar-refractivity contribution in [1.82, 2.24) is 0 Å². The molecule has 2 aliphatic rings. The zero-order valence-corrected chi connectivity index (χ0v) is 17.9. The third-order valence-corrected chi connectivity index (χ3v) is 5.75. The van der Waals surface area contributed by atoms with Gasteiger partial charge < -0.3 is 14.9 Å². The fourth-order valence-corrected chi connectivity index (χ4v) is 3.79. The Bertz CT molecular complexity index is 549. The Balaban J connectivity index is 0.000000480. The molecule has 5 atom stereocenters. The molecular formula is C23H38O5. The van der Waals surface area contributed by atoms with E-state index >= 15 is 0 Å². The molecule has 0 heterocycles. The summed E-state index contributed by atoms with van der Waals surface area (Å²) in [6.45, 7) is 7.94. The molecule has 0 aliphatic heterocycles. The van der Waals surface area contributed by atoms with E-state index in [2.05, 4.69) is 25.2 Å². The van der Waals surface area contributed by atoms with Gasteiger partial charge in [0, 0.05) is 0 Å². The van der Waals surface area contributed by atoms with Crippen LogP contribution in [0.5, 0.6) is 0 Å². The van der Waals surface area contributed by atoms with Crippen molar-refractivity contribution in [2.24, 2.45) is 23.7 Å². The number of carboxylic acid groups (broad SMARTS) is 1. The number of fused-ring (bicyclic) bond motifs is 1. The minimum absolute atomic E-state index is 0.0953. The van der Waals surface area contributed by atoms with Crippen LogP contribution >= 0.6 is 0 Å². The first-order valence-corrected chi connectivity index (χ1v) is 10.7. The Labute approximate surface area is 169 Å². The molecule has 2 rings (SSSR count). The monoisotopic (exact) mass is 394 g/mol. The number of aliphatic hydroxyl groups excluding tert-OH is 1. The molecule has 0 spiro atoms. The summed E-state index contributed by atoms with van der Waals surface area (Å²) in [5.41, 5.74) is 1.52. The number of allylic oxidation sites excluding steroid dienone is 4. The molecular weight excluding hydrogens is 356 g/mol. The summed E-state index contributed by atoms with van der Waals surface area (Å²) < 4.78 is 5.18. The molecule has 0 aromatic carbocycles. The fourth-order valence-electron chi connectivity index (χ4n) is 3.79. The molecule has 2 N–H and O–H groups in total. The number of aliphatic carboxylic acids is 1. The lowest BCUT2D eigenvalue weighted by Crippen LogP contribution is -2.27. The van der Waals surface area contributed by atoms with Gasteiger partial charge in [-0.2, -0.15) is 0 Å². The van der Waals surface area contributed by atoms with Crippen molar-refractivity contribution in [2.75, 3.05) is 6.61 Å². The minimum atomic E-state index is -0.706. The van der Waals surface area contributed by atoms with Crippen molar-refractivity contribution in [1.29, 1.82) is 0 Å². The Morgan fingerprint density at radius 1 is 1.32 bits per heavy atom. The molecule has 3 unspecified atom stereocenters. The molecule has 0 aromatic heterocycles. The zero-order valence-electron chi connectivity index (χ0n) is 17.9. The molecule has 2 aliphatic carbocycles. The molecule has 28 heavy (non-hydrogen) atoms. The van der Waals surface area contributed by atoms with Gasteiger partial charge in [-0.25, -0.2) is 0 Å². The molecule has 0 aromatic rings. The van der Waals surface area contributed by atoms with Crippen LogP contribution < -0.4 is 0 Å². The summed E-state index contributed by atoms with van der Waals surface area (Å²) in [4.78, 5) is 21.3. The van der Waals surface area contributed by atoms with E-state index in [9.17, 15) is 9.59 Å². The van der Waals surface area contributed by atoms with E-state index in [0.29, 0.717) is 24.4 Å². The number of aliphatic hydroxyl groups is 1. The first kappa shape index (κ1) is 24.4. The lowest BCUT2D eigenvalue weighted by atomic mass is 9.68. The van der Waals surface area contributed by atoms with E-state index in [0.717, 1.165) is 19.3 Å². The van der Waals surface area contributed by atoms with Crippen molar-refractivity contribution in [3.05, 3.63) is 23.8 Å². The molecule has 0 amide bonds. The maximum atomic E-state index is 11.4. The normalized spacial score (nSPS) is 25.5. The van der Waals surface area contributed by atoms with Crippen molar-refractivity contribution < 1.29 is 24.5 Å². The van der Waals surface area contributed by atoms with E-state index in [1.165, 1.54) is 24.8 Å². The van der Waals surface area contributed by atoms with Crippen LogP contribution in [-0.2, 0) is 14.3 Å². The summed E-state index contributed by atoms with van der Waals surface area (Å²) >= 11 is 0. The molecule has 5 heteroatoms. The van der Waals surface area contributed by atoms with Gasteiger partial charge in [-0.1, -0.05) is 39.0 Å². The molecule has 0 saturated heterocycles. The third kappa shape index (κ3) is 8.59. The predicted molar refractivity (Wildman–Crippen MR) is 111 cm³/mol. The molecule has 0 fully saturated rings. The maximum Gasteiger partial charge on any atom is 0.308 e. The van der Waals surface area contributed by atoms with Crippen LogP contribution in [0.4, 0.5) is 0 Å². The summed E-state index contributed by atoms with van der Waals surface area (Å²) in [7, 11) is 0. The predicted octanol–water partition coefficient (Wildman–Crippen LogP) is 4.75. The second kappa shape index (κ2) is 12.8. The number of carboxylic acids is 1. The van der Waals surface area contributed by atoms with Crippen molar-refractivity contribution in [3.63, 3.8) is 0 Å². The van der Waals surface area contributed by atoms with Gasteiger partial charge in [0.15, 0.2) is 0 Å². The standard InChI is InChI=1S/C18H28O3.C5H10O2/c1-13-9-10-15-6-3-4-7-17(15)16(13)8-5-11-21-18(20)12-14(2)19;1-3-4(2)5(6)7/h6,9-10,13-14,16-17,19H,3-5,7-8,11-12H2,1-2H3;4H,3H2,1-2H3,(H,6,7)/t13?,14-,16+,17?;/m1./s1. The van der Waals surface area contributed by atoms with Crippen molar-refractivity contribution >= 4 is 11.9 Å². The smallest absolute Gasteiger partial charge is 0.308 e. The second-order valence-corrected chi connectivity index (χ2v) is 8.19. The molecule has 5 nitrogen and oxygen atoms in total. The van der Waals surface area contributed by atoms with Crippen molar-refractivity contribution in [2.45, 2.75) is 78.7 Å². The number of carbonyl (C=O) groups is 2. The SMILES string of the molecule is CC1C=CC2=CCCCC2[C@H]1CCCOC(=O)C[C@@H](C)O.CCC(C)C(=O)O. The molecule has 0 bridgehead atoms. The van der Waals surface area contributed by atoms with Gasteiger partial charge in [-0.15, -0.1) is 0 Å². The topological polar surface area (TPSA) is 83.8 Å². The first-order valence-electron chi connectivity index (χ1n) is 10.7. The number of carbonyl (C=O) groups excluding carboxylic acids is 1. The molecule has 160 valence electrons. The third-order valence-electron chi connectivity index (χ3n) is 5.75. The van der Waals surface area contributed by atoms with E-state index < -0.39 is 12.1 Å². The van der Waals surface area contributed by atoms with Crippen LogP contribution in [0.3, 0.4) is 0 Å². The molecule has 0 radical (unpaired) electrons. The van der Waals surface area contributed by atoms with Gasteiger partial charge in [0.05, 0.1) is 25.0 Å². The number of ether oxygens (including phenoxy) is 1. The average molecular weight is 395 g/mol. The summed E-state index contributed by atoms with van der Waals surface area (Å²) in [5, 5.41) is 17.3. The van der Waals surface area contributed by atoms with Gasteiger partial charge in [-0.05, 0) is 68.8 Å². The highest BCUT2D eigenvalue weighted by Gasteiger charge is 2.31. The Hall–Kier alpha value is -1.62. The average Bonchev–Trinajstić information content (AvgIpc) is 2.65. The van der Waals surface area contributed by atoms with Gasteiger partial charge in [0.2, 0.25) is 0 Å². The Morgan fingerprint density at radius 3 is 2.61 bits per heavy atom. The van der Waals surface area contributed by atoms with Gasteiger partial charge in [0.25, 0.3) is 0 Å². The highest BCUT2D eigenvalue weighted by molar-refractivity contribution is 5.69. The molecule has 0 saturated carbocycles. The van der Waals surface area contributed by atoms with Crippen LogP contribution in [0.2, 0.25) is 0 Å². The van der Waals surface area contributed by atoms with Crippen LogP contribution in [0.15, 0.2) is 23.8 Å². The van der Waals surface area contributed by atoms with E-state index in [-0.39, 0.29) is 18.3 Å². The van der Waals surface area contributed by atoms with Gasteiger partial charge >= 0.3 is 11.9 Å². The maximum absolute atomic E-state index is 11.4. The zero-order chi connectivity index (χ0) is 21.1. The van der Waals surface area contributed by atoms with E-state index in [4.69, 9.17) is 14.9 Å². The number of esters is 1. The minimum Gasteiger partial charge on any atom is -0.481 e. The Kier molecular flexibility index (Phi) is 11.1. The van der Waals surface area contributed by atoms with Gasteiger partial charge in [0.1, 0.15) is 0 Å². The fraction of sp³-hybridized carbons (Fsp3) is 0.739. The van der Waals surface area contributed by atoms with E-state index in [1.54, 1.807) is 13.8 Å². The largest absolute Gasteiger partial charge is 0.481 e.